The molecule has 0 saturated heterocycles. The van der Waals surface area contributed by atoms with Crippen molar-refractivity contribution in [2.75, 3.05) is 6.54 Å². The average Bonchev–Trinajstić information content (AvgIpc) is 3.34. The van der Waals surface area contributed by atoms with Gasteiger partial charge in [0, 0.05) is 18.5 Å². The first-order valence-corrected chi connectivity index (χ1v) is 11.3. The van der Waals surface area contributed by atoms with Crippen LogP contribution >= 0.6 is 0 Å². The summed E-state index contributed by atoms with van der Waals surface area (Å²) in [5.74, 6) is 1.19. The number of benzene rings is 1. The van der Waals surface area contributed by atoms with Gasteiger partial charge in [-0.05, 0) is 68.9 Å². The van der Waals surface area contributed by atoms with Crippen LogP contribution in [0, 0.1) is 17.8 Å². The van der Waals surface area contributed by atoms with Crippen LogP contribution < -0.4 is 11.1 Å². The zero-order valence-electron chi connectivity index (χ0n) is 19.0. The molecule has 2 aliphatic carbocycles. The van der Waals surface area contributed by atoms with Crippen LogP contribution in [0.25, 0.3) is 0 Å². The molecule has 5 atom stereocenters. The molecule has 2 bridgehead atoms. The van der Waals surface area contributed by atoms with Crippen LogP contribution in [-0.4, -0.2) is 35.3 Å². The molecule has 0 spiro atoms. The highest BCUT2D eigenvalue weighted by Gasteiger charge is 2.51. The number of nitrogens with zero attached hydrogens (tertiary/aromatic N) is 1. The zero-order valence-corrected chi connectivity index (χ0v) is 19.0. The number of nitrogens with one attached hydrogen (secondary N) is 1. The highest BCUT2D eigenvalue weighted by Crippen LogP contribution is 2.55. The predicted octanol–water partition coefficient (Wildman–Crippen LogP) is 3.81. The predicted molar refractivity (Wildman–Crippen MR) is 121 cm³/mol. The number of nitrogens with two attached hydrogens (primary N) is 1. The van der Waals surface area contributed by atoms with Gasteiger partial charge in [-0.1, -0.05) is 44.2 Å². The number of likely N-dealkylation sites (N-methyl/N-ethyl adjacent to an activating group) is 1. The summed E-state index contributed by atoms with van der Waals surface area (Å²) < 4.78 is 0. The lowest BCUT2D eigenvalue weighted by Crippen LogP contribution is -2.56. The summed E-state index contributed by atoms with van der Waals surface area (Å²) in [4.78, 5) is 28.4. The average molecular weight is 412 g/mol. The van der Waals surface area contributed by atoms with Gasteiger partial charge in [0.2, 0.25) is 5.91 Å². The zero-order chi connectivity index (χ0) is 22.0. The van der Waals surface area contributed by atoms with Crippen molar-refractivity contribution in [3.05, 3.63) is 47.2 Å². The molecule has 1 aromatic carbocycles. The van der Waals surface area contributed by atoms with Crippen molar-refractivity contribution >= 4 is 11.8 Å². The molecule has 2 saturated carbocycles. The van der Waals surface area contributed by atoms with Crippen molar-refractivity contribution in [3.8, 4) is 0 Å². The van der Waals surface area contributed by atoms with E-state index in [0.29, 0.717) is 24.3 Å². The summed E-state index contributed by atoms with van der Waals surface area (Å²) in [5, 5.41) is 2.92. The number of carbonyl (C=O) groups is 2. The molecule has 4 unspecified atom stereocenters. The second kappa shape index (κ2) is 9.23. The Morgan fingerprint density at radius 1 is 1.13 bits per heavy atom. The number of carbonyl (C=O) groups excluding carboxylic acids is 2. The van der Waals surface area contributed by atoms with Crippen LogP contribution in [0.1, 0.15) is 65.4 Å². The Morgan fingerprint density at radius 2 is 1.77 bits per heavy atom. The highest BCUT2D eigenvalue weighted by molar-refractivity contribution is 5.96. The highest BCUT2D eigenvalue weighted by atomic mass is 16.2. The molecule has 0 aliphatic heterocycles. The van der Waals surface area contributed by atoms with E-state index in [2.05, 4.69) is 36.5 Å². The minimum Gasteiger partial charge on any atom is -0.394 e. The van der Waals surface area contributed by atoms with Crippen molar-refractivity contribution in [2.45, 2.75) is 71.9 Å². The summed E-state index contributed by atoms with van der Waals surface area (Å²) in [7, 11) is 0. The quantitative estimate of drug-likeness (QED) is 0.670. The molecule has 3 N–H and O–H groups in total. The molecule has 164 valence electrons. The van der Waals surface area contributed by atoms with E-state index in [1.807, 2.05) is 24.8 Å². The van der Waals surface area contributed by atoms with Gasteiger partial charge < -0.3 is 16.0 Å². The van der Waals surface area contributed by atoms with Gasteiger partial charge in [-0.2, -0.15) is 0 Å². The molecular formula is C25H37N3O2. The first-order chi connectivity index (χ1) is 14.3. The molecule has 0 radical (unpaired) electrons. The Morgan fingerprint density at radius 3 is 2.33 bits per heavy atom. The fourth-order valence-corrected chi connectivity index (χ4v) is 5.51. The van der Waals surface area contributed by atoms with Gasteiger partial charge in [0.25, 0.3) is 5.91 Å². The molecule has 5 heteroatoms. The minimum atomic E-state index is -0.578. The van der Waals surface area contributed by atoms with Gasteiger partial charge in [0.05, 0.1) is 5.70 Å². The SMILES string of the molecule is CCN(C(=O)[C@@H](NC(=O)C(N)=C(C)C)C(C)C)C1C2CCC(C2)C1c1ccccc1. The van der Waals surface area contributed by atoms with E-state index >= 15 is 0 Å². The monoisotopic (exact) mass is 411 g/mol. The molecule has 30 heavy (non-hydrogen) atoms. The number of hydrogen-bond acceptors (Lipinski definition) is 3. The van der Waals surface area contributed by atoms with Crippen LogP contribution in [0.3, 0.4) is 0 Å². The lowest BCUT2D eigenvalue weighted by atomic mass is 9.78. The molecule has 2 amide bonds. The van der Waals surface area contributed by atoms with Gasteiger partial charge in [-0.3, -0.25) is 9.59 Å². The lowest BCUT2D eigenvalue weighted by molar-refractivity contribution is -0.140. The topological polar surface area (TPSA) is 75.4 Å². The van der Waals surface area contributed by atoms with Crippen LogP contribution in [0.2, 0.25) is 0 Å². The Labute approximate surface area is 181 Å². The Balaban J connectivity index is 1.88. The summed E-state index contributed by atoms with van der Waals surface area (Å²) in [6.07, 6.45) is 3.62. The molecule has 1 aromatic rings. The maximum absolute atomic E-state index is 13.7. The van der Waals surface area contributed by atoms with E-state index in [0.717, 1.165) is 5.57 Å². The smallest absolute Gasteiger partial charge is 0.267 e. The summed E-state index contributed by atoms with van der Waals surface area (Å²) in [6.45, 7) is 10.3. The number of fused-ring (bicyclic) bond motifs is 2. The van der Waals surface area contributed by atoms with Gasteiger partial charge in [-0.15, -0.1) is 0 Å². The van der Waals surface area contributed by atoms with Crippen LogP contribution in [0.5, 0.6) is 0 Å². The fraction of sp³-hybridized carbons (Fsp3) is 0.600. The van der Waals surface area contributed by atoms with E-state index in [9.17, 15) is 9.59 Å². The minimum absolute atomic E-state index is 0.0147. The first kappa shape index (κ1) is 22.4. The van der Waals surface area contributed by atoms with E-state index in [1.165, 1.54) is 24.8 Å². The Hall–Kier alpha value is -2.30. The molecule has 2 fully saturated rings. The van der Waals surface area contributed by atoms with E-state index in [4.69, 9.17) is 5.73 Å². The normalized spacial score (nSPS) is 25.8. The van der Waals surface area contributed by atoms with Crippen LogP contribution in [-0.2, 0) is 9.59 Å². The first-order valence-electron chi connectivity index (χ1n) is 11.3. The molecule has 0 heterocycles. The Bertz CT molecular complexity index is 798. The van der Waals surface area contributed by atoms with Crippen molar-refractivity contribution in [1.82, 2.24) is 10.2 Å². The molecule has 2 aliphatic rings. The lowest BCUT2D eigenvalue weighted by Gasteiger charge is -2.41. The molecule has 0 aromatic heterocycles. The van der Waals surface area contributed by atoms with Crippen molar-refractivity contribution in [1.29, 1.82) is 0 Å². The third kappa shape index (κ3) is 4.26. The van der Waals surface area contributed by atoms with Crippen molar-refractivity contribution < 1.29 is 9.59 Å². The van der Waals surface area contributed by atoms with Crippen molar-refractivity contribution in [2.24, 2.45) is 23.5 Å². The van der Waals surface area contributed by atoms with E-state index in [-0.39, 0.29) is 29.5 Å². The Kier molecular flexibility index (Phi) is 6.89. The maximum atomic E-state index is 13.7. The number of amides is 2. The standard InChI is InChI=1S/C25H37N3O2/c1-6-28(25(30)22(16(4)5)27-24(29)21(26)15(2)3)23-19-13-12-18(14-19)20(23)17-10-8-7-9-11-17/h7-11,16,18-20,22-23H,6,12-14,26H2,1-5H3,(H,27,29)/t18?,19?,20?,22-,23?/m0/s1. The summed E-state index contributed by atoms with van der Waals surface area (Å²) in [6, 6.07) is 10.3. The van der Waals surface area contributed by atoms with Gasteiger partial charge >= 0.3 is 0 Å². The molecule has 5 nitrogen and oxygen atoms in total. The molecule has 3 rings (SSSR count). The second-order valence-electron chi connectivity index (χ2n) is 9.49. The maximum Gasteiger partial charge on any atom is 0.267 e. The number of allylic oxidation sites excluding steroid dienone is 1. The van der Waals surface area contributed by atoms with Gasteiger partial charge in [0.1, 0.15) is 6.04 Å². The third-order valence-corrected chi connectivity index (χ3v) is 7.04. The third-order valence-electron chi connectivity index (χ3n) is 7.04. The van der Waals surface area contributed by atoms with Crippen LogP contribution in [0.15, 0.2) is 41.6 Å². The molecular weight excluding hydrogens is 374 g/mol. The summed E-state index contributed by atoms with van der Waals surface area (Å²) >= 11 is 0. The van der Waals surface area contributed by atoms with Crippen LogP contribution in [0.4, 0.5) is 0 Å². The number of rotatable bonds is 7. The largest absolute Gasteiger partial charge is 0.394 e. The van der Waals surface area contributed by atoms with Crippen molar-refractivity contribution in [3.63, 3.8) is 0 Å². The fourth-order valence-electron chi connectivity index (χ4n) is 5.51. The number of hydrogen-bond donors (Lipinski definition) is 2. The second-order valence-corrected chi connectivity index (χ2v) is 9.49. The van der Waals surface area contributed by atoms with Gasteiger partial charge in [0.15, 0.2) is 0 Å². The van der Waals surface area contributed by atoms with E-state index in [1.54, 1.807) is 13.8 Å². The van der Waals surface area contributed by atoms with Gasteiger partial charge in [-0.25, -0.2) is 0 Å². The van der Waals surface area contributed by atoms with E-state index < -0.39 is 6.04 Å². The summed E-state index contributed by atoms with van der Waals surface area (Å²) in [5.41, 5.74) is 8.21.